The maximum absolute atomic E-state index is 15.9. The Morgan fingerprint density at radius 1 is 1.10 bits per heavy atom. The number of para-hydroxylation sites is 1. The molecule has 3 heterocycles. The highest BCUT2D eigenvalue weighted by atomic mass is 32.2. The molecule has 0 amide bonds. The van der Waals surface area contributed by atoms with Crippen LogP contribution in [0.2, 0.25) is 0 Å². The highest BCUT2D eigenvalue weighted by Gasteiger charge is 2.44. The van der Waals surface area contributed by atoms with Gasteiger partial charge in [0.1, 0.15) is 34.3 Å². The van der Waals surface area contributed by atoms with E-state index in [4.69, 9.17) is 14.7 Å². The maximum Gasteiger partial charge on any atom is 0.183 e. The van der Waals surface area contributed by atoms with E-state index in [1.807, 2.05) is 19.1 Å². The van der Waals surface area contributed by atoms with E-state index < -0.39 is 26.5 Å². The Kier molecular flexibility index (Phi) is 7.60. The zero-order valence-electron chi connectivity index (χ0n) is 22.0. The predicted molar refractivity (Wildman–Crippen MR) is 140 cm³/mol. The van der Waals surface area contributed by atoms with Crippen molar-refractivity contribution < 1.29 is 22.3 Å². The van der Waals surface area contributed by atoms with Crippen molar-refractivity contribution in [2.75, 3.05) is 14.2 Å². The predicted octanol–water partition coefficient (Wildman–Crippen LogP) is 3.50. The molecule has 3 aromatic heterocycles. The molecule has 0 aliphatic heterocycles. The van der Waals surface area contributed by atoms with Crippen LogP contribution in [0.15, 0.2) is 49.1 Å². The number of aromatic nitrogens is 6. The van der Waals surface area contributed by atoms with Crippen LogP contribution in [0.5, 0.6) is 11.5 Å². The summed E-state index contributed by atoms with van der Waals surface area (Å²) < 4.78 is 55.9. The number of hydrogen-bond acceptors (Lipinski definition) is 10. The molecule has 0 saturated carbocycles. The summed E-state index contributed by atoms with van der Waals surface area (Å²) >= 11 is 0. The average molecular weight is 552 g/mol. The Morgan fingerprint density at radius 2 is 1.74 bits per heavy atom. The molecule has 0 saturated heterocycles. The van der Waals surface area contributed by atoms with Crippen LogP contribution in [0.1, 0.15) is 36.6 Å². The topological polar surface area (TPSA) is 146 Å². The zero-order chi connectivity index (χ0) is 28.4. The number of aryl methyl sites for hydroxylation is 1. The molecule has 202 valence electrons. The van der Waals surface area contributed by atoms with E-state index >= 15 is 4.39 Å². The molecule has 4 rings (SSSR count). The van der Waals surface area contributed by atoms with Crippen molar-refractivity contribution >= 4 is 9.84 Å². The van der Waals surface area contributed by atoms with E-state index in [0.717, 1.165) is 24.9 Å². The number of alkyl halides is 1. The third-order valence-electron chi connectivity index (χ3n) is 6.34. The molecule has 4 aromatic rings. The van der Waals surface area contributed by atoms with Gasteiger partial charge in [-0.3, -0.25) is 9.55 Å². The molecule has 13 heteroatoms. The van der Waals surface area contributed by atoms with Gasteiger partial charge in [0.2, 0.25) is 0 Å². The van der Waals surface area contributed by atoms with Crippen molar-refractivity contribution in [2.45, 2.75) is 37.4 Å². The molecule has 0 radical (unpaired) electrons. The van der Waals surface area contributed by atoms with E-state index in [9.17, 15) is 8.42 Å². The minimum atomic E-state index is -4.22. The lowest BCUT2D eigenvalue weighted by molar-refractivity contribution is 0.174. The molecule has 0 bridgehead atoms. The van der Waals surface area contributed by atoms with Crippen molar-refractivity contribution in [3.8, 4) is 34.6 Å². The van der Waals surface area contributed by atoms with Crippen LogP contribution in [0.4, 0.5) is 4.39 Å². The quantitative estimate of drug-likeness (QED) is 0.303. The molecule has 11 nitrogen and oxygen atoms in total. The van der Waals surface area contributed by atoms with Gasteiger partial charge in [-0.1, -0.05) is 6.07 Å². The van der Waals surface area contributed by atoms with Crippen LogP contribution < -0.4 is 9.47 Å². The second-order valence-corrected chi connectivity index (χ2v) is 11.3. The Morgan fingerprint density at radius 3 is 2.31 bits per heavy atom. The van der Waals surface area contributed by atoms with Gasteiger partial charge in [-0.15, -0.1) is 10.2 Å². The van der Waals surface area contributed by atoms with E-state index in [1.54, 1.807) is 30.6 Å². The first-order valence-corrected chi connectivity index (χ1v) is 13.5. The van der Waals surface area contributed by atoms with E-state index in [1.165, 1.54) is 25.7 Å². The molecule has 1 aromatic carbocycles. The lowest BCUT2D eigenvalue weighted by Gasteiger charge is -2.26. The van der Waals surface area contributed by atoms with Crippen LogP contribution in [-0.4, -0.2) is 57.6 Å². The fraction of sp³-hybridized carbons (Fsp3) is 0.308. The second kappa shape index (κ2) is 10.7. The first-order chi connectivity index (χ1) is 18.5. The molecule has 0 spiro atoms. The number of ether oxygens (including phenoxy) is 2. The largest absolute Gasteiger partial charge is 0.494 e. The van der Waals surface area contributed by atoms with Gasteiger partial charge in [-0.05, 0) is 44.5 Å². The number of nitriles is 1. The summed E-state index contributed by atoms with van der Waals surface area (Å²) in [7, 11) is -1.28. The zero-order valence-corrected chi connectivity index (χ0v) is 22.8. The fourth-order valence-electron chi connectivity index (χ4n) is 4.02. The van der Waals surface area contributed by atoms with Crippen LogP contribution >= 0.6 is 0 Å². The van der Waals surface area contributed by atoms with Gasteiger partial charge < -0.3 is 9.47 Å². The molecular formula is C26H26FN7O4S. The van der Waals surface area contributed by atoms with Crippen molar-refractivity contribution in [2.24, 2.45) is 0 Å². The summed E-state index contributed by atoms with van der Waals surface area (Å²) in [5.74, 6) is 0.0465. The average Bonchev–Trinajstić information content (AvgIpc) is 3.34. The van der Waals surface area contributed by atoms with Gasteiger partial charge in [0, 0.05) is 30.4 Å². The Labute approximate surface area is 225 Å². The smallest absolute Gasteiger partial charge is 0.183 e. The number of hydrogen-bond donors (Lipinski definition) is 0. The van der Waals surface area contributed by atoms with Gasteiger partial charge in [0.25, 0.3) is 0 Å². The summed E-state index contributed by atoms with van der Waals surface area (Å²) in [6.45, 7) is 4.20. The van der Waals surface area contributed by atoms with E-state index in [0.29, 0.717) is 28.6 Å². The molecule has 0 N–H and O–H groups in total. The minimum absolute atomic E-state index is 0.0118. The van der Waals surface area contributed by atoms with Crippen LogP contribution in [0.3, 0.4) is 0 Å². The monoisotopic (exact) mass is 551 g/mol. The number of nitrogens with zero attached hydrogens (tertiary/aromatic N) is 7. The third kappa shape index (κ3) is 5.28. The van der Waals surface area contributed by atoms with Gasteiger partial charge in [-0.2, -0.15) is 5.26 Å². The fourth-order valence-corrected chi connectivity index (χ4v) is 5.60. The number of halogens is 1. The van der Waals surface area contributed by atoms with Gasteiger partial charge in [0.15, 0.2) is 33.0 Å². The number of pyridine rings is 1. The summed E-state index contributed by atoms with van der Waals surface area (Å²) in [6, 6.07) is 8.79. The molecule has 39 heavy (non-hydrogen) atoms. The van der Waals surface area contributed by atoms with Crippen molar-refractivity contribution in [1.29, 1.82) is 5.26 Å². The van der Waals surface area contributed by atoms with E-state index in [2.05, 4.69) is 25.1 Å². The normalized spacial score (nSPS) is 13.8. The molecule has 0 fully saturated rings. The highest BCUT2D eigenvalue weighted by Crippen LogP contribution is 2.38. The summed E-state index contributed by atoms with van der Waals surface area (Å²) in [5, 5.41) is 15.9. The molecule has 0 unspecified atom stereocenters. The lowest BCUT2D eigenvalue weighted by atomic mass is 10.0. The summed E-state index contributed by atoms with van der Waals surface area (Å²) in [5.41, 5.74) is -0.536. The SMILES string of the molecule is COc1cccc(OC)c1-n1c(CS(=O)(=O)[C@H](C)[C@@](C)(F)c2ncc(C#N)cn2)nnc1-c1cncc(C)c1. The number of sulfone groups is 1. The van der Waals surface area contributed by atoms with Crippen molar-refractivity contribution in [3.63, 3.8) is 0 Å². The molecule has 0 aliphatic carbocycles. The highest BCUT2D eigenvalue weighted by molar-refractivity contribution is 7.91. The molecule has 2 atom stereocenters. The van der Waals surface area contributed by atoms with Gasteiger partial charge in [-0.25, -0.2) is 22.8 Å². The Bertz CT molecular complexity index is 1630. The van der Waals surface area contributed by atoms with Gasteiger partial charge >= 0.3 is 0 Å². The van der Waals surface area contributed by atoms with Crippen molar-refractivity contribution in [1.82, 2.24) is 29.7 Å². The Balaban J connectivity index is 1.85. The van der Waals surface area contributed by atoms with E-state index in [-0.39, 0.29) is 17.2 Å². The summed E-state index contributed by atoms with van der Waals surface area (Å²) in [4.78, 5) is 12.0. The van der Waals surface area contributed by atoms with Crippen LogP contribution in [0.25, 0.3) is 17.1 Å². The second-order valence-electron chi connectivity index (χ2n) is 8.97. The summed E-state index contributed by atoms with van der Waals surface area (Å²) in [6.07, 6.45) is 5.55. The third-order valence-corrected chi connectivity index (χ3v) is 8.52. The Hall–Kier alpha value is -4.44. The first kappa shape index (κ1) is 27.6. The minimum Gasteiger partial charge on any atom is -0.494 e. The molecular weight excluding hydrogens is 525 g/mol. The number of benzene rings is 1. The number of rotatable bonds is 9. The first-order valence-electron chi connectivity index (χ1n) is 11.7. The van der Waals surface area contributed by atoms with Crippen LogP contribution in [0, 0.1) is 18.3 Å². The van der Waals surface area contributed by atoms with Gasteiger partial charge in [0.05, 0.1) is 19.8 Å². The lowest BCUT2D eigenvalue weighted by Crippen LogP contribution is -2.39. The van der Waals surface area contributed by atoms with Crippen molar-refractivity contribution in [3.05, 3.63) is 71.8 Å². The molecule has 0 aliphatic rings. The number of methoxy groups -OCH3 is 2. The maximum atomic E-state index is 15.9. The van der Waals surface area contributed by atoms with Crippen LogP contribution in [-0.2, 0) is 21.3 Å². The standard InChI is InChI=1S/C26H26FN7O4S/c1-16-9-19(14-29-11-16)24-33-32-22(34(24)23-20(37-4)7-6-8-21(23)38-5)15-39(35,36)17(2)26(3,27)25-30-12-18(10-28)13-31-25/h6-9,11-14,17H,15H2,1-5H3/t17-,26-/m1/s1.